The third kappa shape index (κ3) is 5.65. The van der Waals surface area contributed by atoms with Crippen LogP contribution in [0.3, 0.4) is 0 Å². The Bertz CT molecular complexity index is 1100. The molecule has 3 heterocycles. The van der Waals surface area contributed by atoms with Gasteiger partial charge in [-0.1, -0.05) is 17.9 Å². The molecule has 31 heavy (non-hydrogen) atoms. The number of nitrogen functional groups attached to an aromatic ring is 1. The standard InChI is InChI=1S/C24H25N5O2/c1-17-20(8-5-18-6-10-23(25)28-15-18)21(11-12-26-17)19-7-9-22(27-16-19)24(30)29(2)13-4-14-31-3/h6-7,9-12,15-16H,4,13-14H2,1-3H3,(H2,25,28). The number of aromatic nitrogens is 3. The summed E-state index contributed by atoms with van der Waals surface area (Å²) in [6.07, 6.45) is 5.85. The van der Waals surface area contributed by atoms with Crippen molar-refractivity contribution in [2.24, 2.45) is 0 Å². The number of pyridine rings is 3. The van der Waals surface area contributed by atoms with E-state index >= 15 is 0 Å². The van der Waals surface area contributed by atoms with Gasteiger partial charge in [-0.05, 0) is 37.6 Å². The SMILES string of the molecule is COCCCN(C)C(=O)c1ccc(-c2ccnc(C)c2C#Cc2ccc(N)nc2)cn1. The molecule has 0 fully saturated rings. The molecule has 0 spiro atoms. The third-order valence-electron chi connectivity index (χ3n) is 4.74. The lowest BCUT2D eigenvalue weighted by Crippen LogP contribution is -2.29. The number of hydrogen-bond acceptors (Lipinski definition) is 6. The lowest BCUT2D eigenvalue weighted by atomic mass is 10.0. The first kappa shape index (κ1) is 21.9. The molecule has 3 aromatic heterocycles. The Hall–Kier alpha value is -3.76. The van der Waals surface area contributed by atoms with Crippen LogP contribution in [0.5, 0.6) is 0 Å². The van der Waals surface area contributed by atoms with Gasteiger partial charge in [-0.3, -0.25) is 14.8 Å². The van der Waals surface area contributed by atoms with Crippen LogP contribution in [0.15, 0.2) is 48.9 Å². The van der Waals surface area contributed by atoms with Gasteiger partial charge in [0.2, 0.25) is 0 Å². The minimum Gasteiger partial charge on any atom is -0.385 e. The molecule has 0 aliphatic carbocycles. The zero-order valence-corrected chi connectivity index (χ0v) is 17.9. The number of nitrogens with zero attached hydrogens (tertiary/aromatic N) is 4. The molecule has 0 saturated heterocycles. The second-order valence-corrected chi connectivity index (χ2v) is 7.05. The van der Waals surface area contributed by atoms with E-state index in [0.717, 1.165) is 34.4 Å². The summed E-state index contributed by atoms with van der Waals surface area (Å²) in [5, 5.41) is 0. The first-order valence-electron chi connectivity index (χ1n) is 9.89. The lowest BCUT2D eigenvalue weighted by Gasteiger charge is -2.16. The van der Waals surface area contributed by atoms with E-state index in [1.807, 2.05) is 25.1 Å². The van der Waals surface area contributed by atoms with Gasteiger partial charge in [0.25, 0.3) is 5.91 Å². The summed E-state index contributed by atoms with van der Waals surface area (Å²) in [4.78, 5) is 27.0. The molecule has 0 radical (unpaired) electrons. The average Bonchev–Trinajstić information content (AvgIpc) is 2.79. The van der Waals surface area contributed by atoms with Crippen molar-refractivity contribution in [3.8, 4) is 23.0 Å². The smallest absolute Gasteiger partial charge is 0.272 e. The topological polar surface area (TPSA) is 94.2 Å². The predicted octanol–water partition coefficient (Wildman–Crippen LogP) is 2.94. The highest BCUT2D eigenvalue weighted by Gasteiger charge is 2.14. The Labute approximate surface area is 182 Å². The summed E-state index contributed by atoms with van der Waals surface area (Å²) in [5.41, 5.74) is 10.2. The molecule has 0 unspecified atom stereocenters. The summed E-state index contributed by atoms with van der Waals surface area (Å²) in [5.74, 6) is 6.63. The van der Waals surface area contributed by atoms with E-state index in [9.17, 15) is 4.79 Å². The fourth-order valence-electron chi connectivity index (χ4n) is 3.00. The van der Waals surface area contributed by atoms with E-state index < -0.39 is 0 Å². The Morgan fingerprint density at radius 3 is 2.61 bits per heavy atom. The number of rotatable bonds is 6. The summed E-state index contributed by atoms with van der Waals surface area (Å²) < 4.78 is 5.04. The third-order valence-corrected chi connectivity index (χ3v) is 4.74. The maximum Gasteiger partial charge on any atom is 0.272 e. The van der Waals surface area contributed by atoms with Crippen LogP contribution < -0.4 is 5.73 Å². The van der Waals surface area contributed by atoms with Crippen LogP contribution in [0.2, 0.25) is 0 Å². The van der Waals surface area contributed by atoms with Crippen molar-refractivity contribution < 1.29 is 9.53 Å². The number of methoxy groups -OCH3 is 1. The zero-order chi connectivity index (χ0) is 22.2. The molecule has 7 heteroatoms. The number of carbonyl (C=O) groups excluding carboxylic acids is 1. The van der Waals surface area contributed by atoms with Gasteiger partial charge in [-0.15, -0.1) is 0 Å². The van der Waals surface area contributed by atoms with E-state index in [4.69, 9.17) is 10.5 Å². The van der Waals surface area contributed by atoms with Crippen LogP contribution in [0.4, 0.5) is 5.82 Å². The second-order valence-electron chi connectivity index (χ2n) is 7.05. The van der Waals surface area contributed by atoms with Crippen molar-refractivity contribution in [1.82, 2.24) is 19.9 Å². The molecule has 3 aromatic rings. The molecule has 0 aliphatic heterocycles. The molecule has 0 bridgehead atoms. The first-order chi connectivity index (χ1) is 15.0. The predicted molar refractivity (Wildman–Crippen MR) is 120 cm³/mol. The number of anilines is 1. The maximum absolute atomic E-state index is 12.6. The normalized spacial score (nSPS) is 10.3. The highest BCUT2D eigenvalue weighted by Crippen LogP contribution is 2.24. The Kier molecular flexibility index (Phi) is 7.31. The Morgan fingerprint density at radius 2 is 1.94 bits per heavy atom. The van der Waals surface area contributed by atoms with Gasteiger partial charge >= 0.3 is 0 Å². The summed E-state index contributed by atoms with van der Waals surface area (Å²) in [7, 11) is 3.41. The molecular formula is C24H25N5O2. The molecule has 2 N–H and O–H groups in total. The molecule has 158 valence electrons. The number of carbonyl (C=O) groups is 1. The molecular weight excluding hydrogens is 390 g/mol. The molecule has 1 amide bonds. The zero-order valence-electron chi connectivity index (χ0n) is 17.9. The van der Waals surface area contributed by atoms with Crippen LogP contribution in [0, 0.1) is 18.8 Å². The van der Waals surface area contributed by atoms with Gasteiger partial charge in [0.15, 0.2) is 0 Å². The molecule has 7 nitrogen and oxygen atoms in total. The first-order valence-corrected chi connectivity index (χ1v) is 9.89. The minimum atomic E-state index is -0.121. The maximum atomic E-state index is 12.6. The van der Waals surface area contributed by atoms with E-state index in [0.29, 0.717) is 24.7 Å². The van der Waals surface area contributed by atoms with Crippen molar-refractivity contribution in [1.29, 1.82) is 0 Å². The van der Waals surface area contributed by atoms with Gasteiger partial charge in [0, 0.05) is 62.6 Å². The van der Waals surface area contributed by atoms with Crippen LogP contribution >= 0.6 is 0 Å². The highest BCUT2D eigenvalue weighted by molar-refractivity contribution is 5.92. The number of amides is 1. The summed E-state index contributed by atoms with van der Waals surface area (Å²) in [6, 6.07) is 9.06. The second kappa shape index (κ2) is 10.3. The van der Waals surface area contributed by atoms with Gasteiger partial charge in [-0.2, -0.15) is 0 Å². The number of ether oxygens (including phenoxy) is 1. The number of hydrogen-bond donors (Lipinski definition) is 1. The number of aryl methyl sites for hydroxylation is 1. The largest absolute Gasteiger partial charge is 0.385 e. The van der Waals surface area contributed by atoms with Gasteiger partial charge < -0.3 is 15.4 Å². The van der Waals surface area contributed by atoms with Gasteiger partial charge in [-0.25, -0.2) is 4.98 Å². The highest BCUT2D eigenvalue weighted by atomic mass is 16.5. The summed E-state index contributed by atoms with van der Waals surface area (Å²) in [6.45, 7) is 3.13. The van der Waals surface area contributed by atoms with Crippen LogP contribution in [0.25, 0.3) is 11.1 Å². The molecule has 0 atom stereocenters. The van der Waals surface area contributed by atoms with Crippen molar-refractivity contribution in [2.75, 3.05) is 33.0 Å². The molecule has 0 aromatic carbocycles. The van der Waals surface area contributed by atoms with Crippen molar-refractivity contribution >= 4 is 11.7 Å². The van der Waals surface area contributed by atoms with Gasteiger partial charge in [0.1, 0.15) is 11.5 Å². The Balaban J connectivity index is 1.84. The van der Waals surface area contributed by atoms with Crippen LogP contribution in [0.1, 0.15) is 33.7 Å². The Morgan fingerprint density at radius 1 is 1.10 bits per heavy atom. The average molecular weight is 415 g/mol. The summed E-state index contributed by atoms with van der Waals surface area (Å²) >= 11 is 0. The monoisotopic (exact) mass is 415 g/mol. The van der Waals surface area contributed by atoms with Crippen LogP contribution in [-0.2, 0) is 4.74 Å². The molecule has 0 saturated carbocycles. The van der Waals surface area contributed by atoms with Crippen molar-refractivity contribution in [2.45, 2.75) is 13.3 Å². The number of nitrogens with two attached hydrogens (primary N) is 1. The lowest BCUT2D eigenvalue weighted by molar-refractivity contribution is 0.0773. The van der Waals surface area contributed by atoms with Gasteiger partial charge in [0.05, 0.1) is 11.3 Å². The molecule has 0 aliphatic rings. The molecule has 3 rings (SSSR count). The van der Waals surface area contributed by atoms with E-state index in [2.05, 4.69) is 26.8 Å². The quantitative estimate of drug-likeness (QED) is 0.491. The minimum absolute atomic E-state index is 0.121. The van der Waals surface area contributed by atoms with Crippen LogP contribution in [-0.4, -0.2) is 53.1 Å². The fraction of sp³-hybridized carbons (Fsp3) is 0.250. The van der Waals surface area contributed by atoms with Crippen molar-refractivity contribution in [3.63, 3.8) is 0 Å². The van der Waals surface area contributed by atoms with Crippen molar-refractivity contribution in [3.05, 3.63) is 71.4 Å². The van der Waals surface area contributed by atoms with E-state index in [1.165, 1.54) is 0 Å². The fourth-order valence-corrected chi connectivity index (χ4v) is 3.00. The van der Waals surface area contributed by atoms with E-state index in [-0.39, 0.29) is 5.91 Å². The van der Waals surface area contributed by atoms with E-state index in [1.54, 1.807) is 49.8 Å².